The van der Waals surface area contributed by atoms with Gasteiger partial charge in [0, 0.05) is 55.8 Å². The van der Waals surface area contributed by atoms with Crippen LogP contribution in [0.3, 0.4) is 0 Å². The van der Waals surface area contributed by atoms with Gasteiger partial charge in [0.15, 0.2) is 5.96 Å². The summed E-state index contributed by atoms with van der Waals surface area (Å²) in [6, 6.07) is 7.40. The van der Waals surface area contributed by atoms with Crippen LogP contribution in [-0.2, 0) is 15.9 Å². The molecule has 3 rings (SSSR count). The van der Waals surface area contributed by atoms with Crippen LogP contribution in [-0.4, -0.2) is 62.2 Å². The SMILES string of the molecule is CCNC(=NCCCOCC1CCOC1)NCCc1nc(-c2cccc(Cl)c2)no1.I. The molecule has 31 heavy (non-hydrogen) atoms. The van der Waals surface area contributed by atoms with Crippen molar-refractivity contribution in [2.75, 3.05) is 46.1 Å². The highest BCUT2D eigenvalue weighted by Crippen LogP contribution is 2.19. The fourth-order valence-corrected chi connectivity index (χ4v) is 3.24. The van der Waals surface area contributed by atoms with Crippen LogP contribution in [0.5, 0.6) is 0 Å². The number of rotatable bonds is 11. The van der Waals surface area contributed by atoms with Gasteiger partial charge >= 0.3 is 0 Å². The number of halogens is 2. The van der Waals surface area contributed by atoms with Gasteiger partial charge in [-0.1, -0.05) is 28.9 Å². The maximum atomic E-state index is 6.02. The summed E-state index contributed by atoms with van der Waals surface area (Å²) < 4.78 is 16.4. The van der Waals surface area contributed by atoms with E-state index in [1.54, 1.807) is 0 Å². The van der Waals surface area contributed by atoms with E-state index in [2.05, 4.69) is 25.8 Å². The van der Waals surface area contributed by atoms with Crippen LogP contribution in [0, 0.1) is 5.92 Å². The third-order valence-corrected chi connectivity index (χ3v) is 4.86. The Morgan fingerprint density at radius 1 is 1.35 bits per heavy atom. The van der Waals surface area contributed by atoms with Gasteiger partial charge in [-0.3, -0.25) is 4.99 Å². The third-order valence-electron chi connectivity index (χ3n) is 4.62. The molecule has 0 saturated carbocycles. The first-order valence-corrected chi connectivity index (χ1v) is 10.9. The number of hydrogen-bond acceptors (Lipinski definition) is 6. The minimum atomic E-state index is 0. The van der Waals surface area contributed by atoms with Crippen molar-refractivity contribution in [3.05, 3.63) is 35.2 Å². The standard InChI is InChI=1S/C21H30ClN5O3.HI/c1-2-23-21(24-9-4-11-28-14-16-8-12-29-15-16)25-10-7-19-26-20(27-30-19)17-5-3-6-18(22)13-17;/h3,5-6,13,16H,2,4,7-12,14-15H2,1H3,(H2,23,24,25);1H. The van der Waals surface area contributed by atoms with E-state index in [9.17, 15) is 0 Å². The summed E-state index contributed by atoms with van der Waals surface area (Å²) in [6.45, 7) is 7.37. The number of hydrogen-bond donors (Lipinski definition) is 2. The van der Waals surface area contributed by atoms with Crippen molar-refractivity contribution >= 4 is 41.5 Å². The van der Waals surface area contributed by atoms with E-state index in [0.717, 1.165) is 50.7 Å². The van der Waals surface area contributed by atoms with Crippen molar-refractivity contribution in [3.63, 3.8) is 0 Å². The summed E-state index contributed by atoms with van der Waals surface area (Å²) in [4.78, 5) is 9.02. The predicted molar refractivity (Wildman–Crippen MR) is 132 cm³/mol. The fourth-order valence-electron chi connectivity index (χ4n) is 3.05. The molecule has 2 N–H and O–H groups in total. The zero-order valence-corrected chi connectivity index (χ0v) is 20.9. The molecule has 1 saturated heterocycles. The number of guanidine groups is 1. The molecular formula is C21H31ClIN5O3. The highest BCUT2D eigenvalue weighted by Gasteiger charge is 2.15. The lowest BCUT2D eigenvalue weighted by molar-refractivity contribution is 0.0893. The summed E-state index contributed by atoms with van der Waals surface area (Å²) in [5.41, 5.74) is 0.836. The third kappa shape index (κ3) is 9.30. The topological polar surface area (TPSA) is 93.8 Å². The zero-order valence-electron chi connectivity index (χ0n) is 17.8. The molecule has 0 radical (unpaired) electrons. The summed E-state index contributed by atoms with van der Waals surface area (Å²) >= 11 is 6.02. The summed E-state index contributed by atoms with van der Waals surface area (Å²) in [7, 11) is 0. The Balaban J connectivity index is 0.00000341. The molecule has 0 amide bonds. The maximum absolute atomic E-state index is 6.02. The summed E-state index contributed by atoms with van der Waals surface area (Å²) in [5, 5.41) is 11.2. The van der Waals surface area contributed by atoms with Crippen molar-refractivity contribution < 1.29 is 14.0 Å². The van der Waals surface area contributed by atoms with Crippen LogP contribution >= 0.6 is 35.6 Å². The number of nitrogens with zero attached hydrogens (tertiary/aromatic N) is 3. The summed E-state index contributed by atoms with van der Waals surface area (Å²) in [5.74, 6) is 2.43. The number of benzene rings is 1. The van der Waals surface area contributed by atoms with Gasteiger partial charge in [0.2, 0.25) is 11.7 Å². The van der Waals surface area contributed by atoms with Crippen molar-refractivity contribution in [3.8, 4) is 11.4 Å². The average molecular weight is 564 g/mol. The van der Waals surface area contributed by atoms with E-state index >= 15 is 0 Å². The number of nitrogens with one attached hydrogen (secondary N) is 2. The number of ether oxygens (including phenoxy) is 2. The van der Waals surface area contributed by atoms with E-state index in [0.29, 0.717) is 48.8 Å². The monoisotopic (exact) mass is 563 g/mol. The van der Waals surface area contributed by atoms with Crippen LogP contribution in [0.1, 0.15) is 25.7 Å². The van der Waals surface area contributed by atoms with Gasteiger partial charge in [-0.25, -0.2) is 0 Å². The quantitative estimate of drug-likeness (QED) is 0.187. The molecule has 1 atom stereocenters. The predicted octanol–water partition coefficient (Wildman–Crippen LogP) is 3.55. The molecule has 1 fully saturated rings. The molecule has 172 valence electrons. The van der Waals surface area contributed by atoms with Gasteiger partial charge in [-0.05, 0) is 31.9 Å². The largest absolute Gasteiger partial charge is 0.381 e. The van der Waals surface area contributed by atoms with E-state index in [1.807, 2.05) is 31.2 Å². The van der Waals surface area contributed by atoms with Crippen molar-refractivity contribution in [1.29, 1.82) is 0 Å². The Morgan fingerprint density at radius 2 is 2.26 bits per heavy atom. The van der Waals surface area contributed by atoms with E-state index in [4.69, 9.17) is 25.6 Å². The molecule has 1 aliphatic rings. The molecular weight excluding hydrogens is 533 g/mol. The van der Waals surface area contributed by atoms with Crippen LogP contribution in [0.25, 0.3) is 11.4 Å². The molecule has 0 bridgehead atoms. The van der Waals surface area contributed by atoms with Gasteiger partial charge in [-0.15, -0.1) is 24.0 Å². The Bertz CT molecular complexity index is 799. The molecule has 0 spiro atoms. The van der Waals surface area contributed by atoms with Gasteiger partial charge in [0.1, 0.15) is 0 Å². The second-order valence-corrected chi connectivity index (χ2v) is 7.55. The molecule has 1 aromatic heterocycles. The Labute approximate surface area is 205 Å². The molecule has 8 nitrogen and oxygen atoms in total. The molecule has 1 aromatic carbocycles. The maximum Gasteiger partial charge on any atom is 0.228 e. The van der Waals surface area contributed by atoms with Crippen LogP contribution in [0.2, 0.25) is 5.02 Å². The van der Waals surface area contributed by atoms with Crippen LogP contribution < -0.4 is 10.6 Å². The lowest BCUT2D eigenvalue weighted by Crippen LogP contribution is -2.38. The normalized spacial score (nSPS) is 16.2. The first-order chi connectivity index (χ1) is 14.7. The Morgan fingerprint density at radius 3 is 3.03 bits per heavy atom. The van der Waals surface area contributed by atoms with Crippen molar-refractivity contribution in [1.82, 2.24) is 20.8 Å². The number of aromatic nitrogens is 2. The van der Waals surface area contributed by atoms with E-state index < -0.39 is 0 Å². The molecule has 1 unspecified atom stereocenters. The van der Waals surface area contributed by atoms with E-state index in [-0.39, 0.29) is 24.0 Å². The fraction of sp³-hybridized carbons (Fsp3) is 0.571. The summed E-state index contributed by atoms with van der Waals surface area (Å²) in [6.07, 6.45) is 2.59. The van der Waals surface area contributed by atoms with Crippen LogP contribution in [0.15, 0.2) is 33.8 Å². The minimum absolute atomic E-state index is 0. The van der Waals surface area contributed by atoms with Gasteiger partial charge in [0.05, 0.1) is 13.2 Å². The average Bonchev–Trinajstić information content (AvgIpc) is 3.43. The zero-order chi connectivity index (χ0) is 21.0. The molecule has 2 heterocycles. The van der Waals surface area contributed by atoms with E-state index in [1.165, 1.54) is 0 Å². The Hall–Kier alpha value is -1.43. The molecule has 2 aromatic rings. The smallest absolute Gasteiger partial charge is 0.228 e. The lowest BCUT2D eigenvalue weighted by atomic mass is 10.1. The lowest BCUT2D eigenvalue weighted by Gasteiger charge is -2.11. The highest BCUT2D eigenvalue weighted by molar-refractivity contribution is 14.0. The van der Waals surface area contributed by atoms with Crippen molar-refractivity contribution in [2.24, 2.45) is 10.9 Å². The number of aliphatic imine (C=N–C) groups is 1. The Kier molecular flexibility index (Phi) is 12.2. The van der Waals surface area contributed by atoms with Crippen molar-refractivity contribution in [2.45, 2.75) is 26.2 Å². The first kappa shape index (κ1) is 25.8. The second-order valence-electron chi connectivity index (χ2n) is 7.12. The second kappa shape index (κ2) is 14.6. The van der Waals surface area contributed by atoms with Gasteiger partial charge in [0.25, 0.3) is 0 Å². The molecule has 1 aliphatic heterocycles. The van der Waals surface area contributed by atoms with Gasteiger partial charge < -0.3 is 24.6 Å². The molecule has 0 aliphatic carbocycles. The van der Waals surface area contributed by atoms with Gasteiger partial charge in [-0.2, -0.15) is 4.98 Å². The minimum Gasteiger partial charge on any atom is -0.381 e. The molecule has 10 heteroatoms. The highest BCUT2D eigenvalue weighted by atomic mass is 127. The van der Waals surface area contributed by atoms with Crippen LogP contribution in [0.4, 0.5) is 0 Å². The first-order valence-electron chi connectivity index (χ1n) is 10.5.